The van der Waals surface area contributed by atoms with Crippen LogP contribution in [0.4, 0.5) is 4.20 Å². The third kappa shape index (κ3) is 66.9. The van der Waals surface area contributed by atoms with E-state index >= 15 is 0 Å². The van der Waals surface area contributed by atoms with Crippen LogP contribution in [0.3, 0.4) is 0 Å². The van der Waals surface area contributed by atoms with Crippen LogP contribution in [0.1, 0.15) is 1.43 Å². The van der Waals surface area contributed by atoms with Crippen molar-refractivity contribution < 1.29 is 108 Å². The van der Waals surface area contributed by atoms with Crippen molar-refractivity contribution >= 4 is 7.91 Å². The van der Waals surface area contributed by atoms with Crippen molar-refractivity contribution in [2.24, 2.45) is 0 Å². The van der Waals surface area contributed by atoms with Crippen LogP contribution >= 0.6 is 7.91 Å². The van der Waals surface area contributed by atoms with Gasteiger partial charge in [-0.1, -0.05) is 0 Å². The zero-order valence-electron chi connectivity index (χ0n) is 5.14. The summed E-state index contributed by atoms with van der Waals surface area (Å²) in [5, 5.41) is 0. The largest absolute Gasteiger partial charge is 1.00 e. The van der Waals surface area contributed by atoms with Gasteiger partial charge in [-0.25, -0.2) is 4.57 Å². The van der Waals surface area contributed by atoms with Crippen LogP contribution in [-0.4, -0.2) is 9.79 Å². The molecule has 0 spiro atoms. The summed E-state index contributed by atoms with van der Waals surface area (Å²) >= 11 is 0. The molecule has 0 fully saturated rings. The quantitative estimate of drug-likeness (QED) is 0.368. The minimum absolute atomic E-state index is 0. The first-order valence-electron chi connectivity index (χ1n) is 0.752. The molecule has 0 amide bonds. The molecule has 0 saturated carbocycles. The average molecular weight is 269 g/mol. The monoisotopic (exact) mass is 267 g/mol. The number of hydrogen-bond donors (Lipinski definition) is 2. The molecule has 0 rings (SSSR count). The smallest absolute Gasteiger partial charge is 1.00 e. The van der Waals surface area contributed by atoms with Crippen LogP contribution in [-0.2, 0) is 41.1 Å². The Bertz CT molecular complexity index is 69.9. The van der Waals surface area contributed by atoms with Gasteiger partial charge in [-0.05, 0) is 0 Å². The molecule has 2 N–H and O–H groups in total. The molecule has 0 aromatic rings. The summed E-state index contributed by atoms with van der Waals surface area (Å²) in [7, 11) is -5.14. The second-order valence-corrected chi connectivity index (χ2v) is 1.42. The zero-order valence-corrected chi connectivity index (χ0v) is 12.1. The summed E-state index contributed by atoms with van der Waals surface area (Å²) in [6, 6.07) is 0. The van der Waals surface area contributed by atoms with Gasteiger partial charge in [0.05, 0.1) is 0 Å². The van der Waals surface area contributed by atoms with Gasteiger partial charge >= 0.3 is 59.3 Å². The summed E-state index contributed by atoms with van der Waals surface area (Å²) in [4.78, 5) is 13.9. The Morgan fingerprint density at radius 3 is 1.50 bits per heavy atom. The predicted molar refractivity (Wildman–Crippen MR) is 14.3 cm³/mol. The van der Waals surface area contributed by atoms with Crippen LogP contribution in [0.25, 0.3) is 0 Å². The molecule has 8 heteroatoms. The van der Waals surface area contributed by atoms with Crippen molar-refractivity contribution in [3.05, 3.63) is 0 Å². The number of halogens is 1. The van der Waals surface area contributed by atoms with Gasteiger partial charge in [0.1, 0.15) is 0 Å². The van der Waals surface area contributed by atoms with Gasteiger partial charge in [0.2, 0.25) is 0 Å². The Labute approximate surface area is 114 Å². The van der Waals surface area contributed by atoms with E-state index in [4.69, 9.17) is 14.4 Å². The molecule has 3 nitrogen and oxygen atoms in total. The zero-order chi connectivity index (χ0) is 4.50. The first kappa shape index (κ1) is 22.4. The van der Waals surface area contributed by atoms with Gasteiger partial charge < -0.3 is 1.43 Å². The summed E-state index contributed by atoms with van der Waals surface area (Å²) in [6.07, 6.45) is 0. The fourth-order valence-corrected chi connectivity index (χ4v) is 0. The van der Waals surface area contributed by atoms with E-state index in [1.54, 1.807) is 0 Å². The summed E-state index contributed by atoms with van der Waals surface area (Å²) in [5.41, 5.74) is 0. The molecule has 0 aliphatic rings. The molecule has 0 aromatic heterocycles. The van der Waals surface area contributed by atoms with Crippen LogP contribution in [0, 0.1) is 0 Å². The van der Waals surface area contributed by atoms with E-state index in [1.165, 1.54) is 0 Å². The standard InChI is InChI=1S/Cu.FH2O3P.K.Zn.H/c;1-5(2,3)4;;;/h;(H2,2,3,4);;;/q;;+1;;-1. The Morgan fingerprint density at radius 2 is 1.50 bits per heavy atom. The maximum atomic E-state index is 10.4. The van der Waals surface area contributed by atoms with Crippen molar-refractivity contribution in [3.63, 3.8) is 0 Å². The Balaban J connectivity index is -0.0000000133. The fraction of sp³-hybridized carbons (Fsp3) is 0. The first-order valence-corrected chi connectivity index (χ1v) is 2.25. The molecule has 0 unspecified atom stereocenters. The normalized spacial score (nSPS) is 7.38. The van der Waals surface area contributed by atoms with Crippen molar-refractivity contribution in [2.45, 2.75) is 0 Å². The van der Waals surface area contributed by atoms with Crippen molar-refractivity contribution in [1.29, 1.82) is 0 Å². The van der Waals surface area contributed by atoms with E-state index in [9.17, 15) is 4.20 Å². The number of rotatable bonds is 0. The SMILES string of the molecule is O=P(O)(O)F.[Cu].[H-].[K+].[Zn]. The van der Waals surface area contributed by atoms with Crippen LogP contribution < -0.4 is 51.4 Å². The van der Waals surface area contributed by atoms with Crippen molar-refractivity contribution in [2.75, 3.05) is 0 Å². The minimum Gasteiger partial charge on any atom is -1.00 e. The van der Waals surface area contributed by atoms with Gasteiger partial charge in [0.15, 0.2) is 0 Å². The van der Waals surface area contributed by atoms with Gasteiger partial charge in [-0.2, -0.15) is 0 Å². The molecule has 0 aromatic carbocycles. The van der Waals surface area contributed by atoms with E-state index in [0.29, 0.717) is 0 Å². The van der Waals surface area contributed by atoms with Crippen molar-refractivity contribution in [1.82, 2.24) is 0 Å². The van der Waals surface area contributed by atoms with E-state index in [0.717, 1.165) is 0 Å². The van der Waals surface area contributed by atoms with Gasteiger partial charge in [0.25, 0.3) is 0 Å². The van der Waals surface area contributed by atoms with E-state index in [2.05, 4.69) is 0 Å². The van der Waals surface area contributed by atoms with Crippen LogP contribution in [0.5, 0.6) is 0 Å². The number of hydrogen-bond acceptors (Lipinski definition) is 1. The molecule has 0 aliphatic heterocycles. The van der Waals surface area contributed by atoms with E-state index < -0.39 is 7.91 Å². The molecule has 0 saturated heterocycles. The minimum atomic E-state index is -5.14. The van der Waals surface area contributed by atoms with Gasteiger partial charge in [0, 0.05) is 36.5 Å². The molecular formula is H3CuFKO3PZn. The molecule has 1 radical (unpaired) electrons. The second-order valence-electron chi connectivity index (χ2n) is 0.473. The predicted octanol–water partition coefficient (Wildman–Crippen LogP) is -2.84. The summed E-state index contributed by atoms with van der Waals surface area (Å²) in [6.45, 7) is 0. The molecule has 0 bridgehead atoms. The van der Waals surface area contributed by atoms with E-state index in [1.807, 2.05) is 0 Å². The Morgan fingerprint density at radius 1 is 1.50 bits per heavy atom. The second kappa shape index (κ2) is 9.86. The van der Waals surface area contributed by atoms with Crippen LogP contribution in [0.2, 0.25) is 0 Å². The molecule has 0 aliphatic carbocycles. The third-order valence-corrected chi connectivity index (χ3v) is 0. The third-order valence-electron chi connectivity index (χ3n) is 0. The maximum absolute atomic E-state index is 10.4. The van der Waals surface area contributed by atoms with Gasteiger partial charge in [-0.3, -0.25) is 9.79 Å². The van der Waals surface area contributed by atoms with Crippen LogP contribution in [0.15, 0.2) is 0 Å². The Kier molecular flexibility index (Phi) is 27.6. The molecule has 0 atom stereocenters. The molecule has 8 heavy (non-hydrogen) atoms. The topological polar surface area (TPSA) is 57.5 Å². The summed E-state index contributed by atoms with van der Waals surface area (Å²) in [5.74, 6) is 0. The van der Waals surface area contributed by atoms with E-state index in [-0.39, 0.29) is 89.4 Å². The molecule has 47 valence electrons. The maximum Gasteiger partial charge on any atom is 1.00 e. The van der Waals surface area contributed by atoms with Crippen molar-refractivity contribution in [3.8, 4) is 0 Å². The average Bonchev–Trinajstić information content (AvgIpc) is 0.722. The molecular weight excluding hydrogens is 266 g/mol. The first-order chi connectivity index (χ1) is 2.00. The fourth-order valence-electron chi connectivity index (χ4n) is 0. The van der Waals surface area contributed by atoms with Gasteiger partial charge in [-0.15, -0.1) is 4.20 Å². The molecule has 0 heterocycles. The summed E-state index contributed by atoms with van der Waals surface area (Å²) < 4.78 is 19.0. The Hall–Kier alpha value is 2.86.